The van der Waals surface area contributed by atoms with Crippen molar-refractivity contribution in [2.24, 2.45) is 0 Å². The van der Waals surface area contributed by atoms with Gasteiger partial charge in [0.05, 0.1) is 28.4 Å². The summed E-state index contributed by atoms with van der Waals surface area (Å²) in [6, 6.07) is 7.59. The van der Waals surface area contributed by atoms with E-state index in [2.05, 4.69) is 16.4 Å². The van der Waals surface area contributed by atoms with Gasteiger partial charge in [-0.3, -0.25) is 14.5 Å². The molecular formula is C19H27N3O3S. The quantitative estimate of drug-likeness (QED) is 0.645. The zero-order valence-corrected chi connectivity index (χ0v) is 16.5. The van der Waals surface area contributed by atoms with E-state index in [0.717, 1.165) is 21.6 Å². The third-order valence-corrected chi connectivity index (χ3v) is 5.13. The second-order valence-corrected chi connectivity index (χ2v) is 7.19. The molecule has 7 heteroatoms. The molecule has 0 aliphatic heterocycles. The second kappa shape index (κ2) is 10.2. The Morgan fingerprint density at radius 3 is 2.77 bits per heavy atom. The number of nitrogens with one attached hydrogen (secondary N) is 1. The van der Waals surface area contributed by atoms with E-state index in [1.807, 2.05) is 30.0 Å². The fourth-order valence-corrected chi connectivity index (χ4v) is 3.65. The first kappa shape index (κ1) is 20.3. The van der Waals surface area contributed by atoms with Crippen LogP contribution in [0.2, 0.25) is 0 Å². The van der Waals surface area contributed by atoms with E-state index in [9.17, 15) is 9.59 Å². The Bertz CT molecular complexity index is 699. The van der Waals surface area contributed by atoms with Crippen LogP contribution in [0.3, 0.4) is 0 Å². The molecule has 0 fully saturated rings. The number of thiazole rings is 1. The number of para-hydroxylation sites is 1. The maximum absolute atomic E-state index is 12.3. The fraction of sp³-hybridized carbons (Fsp3) is 0.526. The highest BCUT2D eigenvalue weighted by molar-refractivity contribution is 7.18. The monoisotopic (exact) mass is 377 g/mol. The first-order chi connectivity index (χ1) is 12.5. The lowest BCUT2D eigenvalue weighted by Gasteiger charge is -2.26. The van der Waals surface area contributed by atoms with Crippen LogP contribution in [0.25, 0.3) is 10.2 Å². The Hall–Kier alpha value is -1.99. The van der Waals surface area contributed by atoms with Gasteiger partial charge >= 0.3 is 5.97 Å². The van der Waals surface area contributed by atoms with E-state index in [0.29, 0.717) is 26.1 Å². The number of amides is 1. The number of aromatic nitrogens is 1. The minimum atomic E-state index is -0.426. The number of esters is 1. The molecule has 1 aromatic heterocycles. The molecule has 1 aromatic carbocycles. The lowest BCUT2D eigenvalue weighted by molar-refractivity contribution is -0.149. The van der Waals surface area contributed by atoms with E-state index < -0.39 is 6.04 Å². The van der Waals surface area contributed by atoms with Crippen LogP contribution in [-0.4, -0.2) is 54.0 Å². The molecule has 1 amide bonds. The number of hydrogen-bond acceptors (Lipinski definition) is 6. The first-order valence-corrected chi connectivity index (χ1v) is 9.88. The molecule has 0 unspecified atom stereocenters. The number of benzene rings is 1. The summed E-state index contributed by atoms with van der Waals surface area (Å²) in [6.07, 6.45) is 1.56. The van der Waals surface area contributed by atoms with Crippen LogP contribution in [-0.2, 0) is 20.7 Å². The minimum absolute atomic E-state index is 0.0873. The van der Waals surface area contributed by atoms with Crippen molar-refractivity contribution in [2.75, 3.05) is 26.2 Å². The Kier molecular flexibility index (Phi) is 8.00. The summed E-state index contributed by atoms with van der Waals surface area (Å²) in [7, 11) is 0. The van der Waals surface area contributed by atoms with Crippen molar-refractivity contribution in [3.63, 3.8) is 0 Å². The number of carbonyl (C=O) groups is 2. The molecule has 0 saturated carbocycles. The van der Waals surface area contributed by atoms with Crippen molar-refractivity contribution in [2.45, 2.75) is 39.7 Å². The van der Waals surface area contributed by atoms with Crippen molar-refractivity contribution in [1.29, 1.82) is 0 Å². The highest BCUT2D eigenvalue weighted by Gasteiger charge is 2.23. The van der Waals surface area contributed by atoms with Crippen molar-refractivity contribution >= 4 is 33.4 Å². The summed E-state index contributed by atoms with van der Waals surface area (Å²) < 4.78 is 6.22. The lowest BCUT2D eigenvalue weighted by Crippen LogP contribution is -2.46. The molecule has 0 spiro atoms. The van der Waals surface area contributed by atoms with Gasteiger partial charge in [-0.2, -0.15) is 0 Å². The van der Waals surface area contributed by atoms with Crippen LogP contribution >= 0.6 is 11.3 Å². The molecule has 0 radical (unpaired) electrons. The van der Waals surface area contributed by atoms with E-state index >= 15 is 0 Å². The Labute approximate surface area is 158 Å². The number of hydrogen-bond donors (Lipinski definition) is 1. The second-order valence-electron chi connectivity index (χ2n) is 6.07. The Morgan fingerprint density at radius 1 is 1.31 bits per heavy atom. The van der Waals surface area contributed by atoms with Gasteiger partial charge in [0.15, 0.2) is 0 Å². The molecule has 0 aliphatic carbocycles. The van der Waals surface area contributed by atoms with Gasteiger partial charge in [0, 0.05) is 13.0 Å². The smallest absolute Gasteiger partial charge is 0.323 e. The van der Waals surface area contributed by atoms with E-state index in [1.54, 1.807) is 25.2 Å². The number of ether oxygens (including phenoxy) is 1. The highest BCUT2D eigenvalue weighted by atomic mass is 32.1. The number of carbonyl (C=O) groups excluding carboxylic acids is 2. The molecule has 0 saturated heterocycles. The van der Waals surface area contributed by atoms with Gasteiger partial charge < -0.3 is 10.1 Å². The van der Waals surface area contributed by atoms with Crippen molar-refractivity contribution < 1.29 is 14.3 Å². The molecule has 2 rings (SSSR count). The van der Waals surface area contributed by atoms with E-state index in [4.69, 9.17) is 4.74 Å². The number of fused-ring (bicyclic) bond motifs is 1. The maximum Gasteiger partial charge on any atom is 0.323 e. The van der Waals surface area contributed by atoms with Crippen LogP contribution in [0.15, 0.2) is 24.3 Å². The molecule has 1 atom stereocenters. The van der Waals surface area contributed by atoms with Gasteiger partial charge in [-0.05, 0) is 38.9 Å². The van der Waals surface area contributed by atoms with Crippen LogP contribution in [0.4, 0.5) is 0 Å². The minimum Gasteiger partial charge on any atom is -0.465 e. The summed E-state index contributed by atoms with van der Waals surface area (Å²) in [5.74, 6) is -0.376. The molecule has 142 valence electrons. The largest absolute Gasteiger partial charge is 0.465 e. The number of rotatable bonds is 10. The third kappa shape index (κ3) is 5.78. The van der Waals surface area contributed by atoms with Gasteiger partial charge in [0.1, 0.15) is 6.04 Å². The summed E-state index contributed by atoms with van der Waals surface area (Å²) in [4.78, 5) is 30.6. The van der Waals surface area contributed by atoms with Gasteiger partial charge in [0.2, 0.25) is 5.91 Å². The topological polar surface area (TPSA) is 71.5 Å². The van der Waals surface area contributed by atoms with Gasteiger partial charge in [-0.25, -0.2) is 4.98 Å². The van der Waals surface area contributed by atoms with Gasteiger partial charge in [0.25, 0.3) is 0 Å². The summed E-state index contributed by atoms with van der Waals surface area (Å²) in [5, 5.41) is 3.94. The predicted molar refractivity (Wildman–Crippen MR) is 104 cm³/mol. The molecule has 2 aromatic rings. The maximum atomic E-state index is 12.3. The van der Waals surface area contributed by atoms with Gasteiger partial charge in [-0.15, -0.1) is 11.3 Å². The van der Waals surface area contributed by atoms with Crippen molar-refractivity contribution in [3.8, 4) is 0 Å². The molecule has 26 heavy (non-hydrogen) atoms. The zero-order valence-electron chi connectivity index (χ0n) is 15.7. The summed E-state index contributed by atoms with van der Waals surface area (Å²) >= 11 is 1.65. The zero-order chi connectivity index (χ0) is 18.9. The average Bonchev–Trinajstić information content (AvgIpc) is 3.03. The van der Waals surface area contributed by atoms with Crippen molar-refractivity contribution in [1.82, 2.24) is 15.2 Å². The molecule has 1 heterocycles. The summed E-state index contributed by atoms with van der Waals surface area (Å²) in [6.45, 7) is 7.32. The molecule has 1 N–H and O–H groups in total. The standard InChI is InChI=1S/C19H27N3O3S/c1-4-12-22(14(3)19(24)25-5-2)13-17(23)20-11-10-18-21-15-8-6-7-9-16(15)26-18/h6-9,14H,4-5,10-13H2,1-3H3,(H,20,23)/t14-/m0/s1. The lowest BCUT2D eigenvalue weighted by atomic mass is 10.2. The summed E-state index contributed by atoms with van der Waals surface area (Å²) in [5.41, 5.74) is 0.996. The van der Waals surface area contributed by atoms with Crippen LogP contribution in [0, 0.1) is 0 Å². The molecular weight excluding hydrogens is 350 g/mol. The number of nitrogens with zero attached hydrogens (tertiary/aromatic N) is 2. The third-order valence-electron chi connectivity index (χ3n) is 4.03. The Balaban J connectivity index is 1.82. The average molecular weight is 378 g/mol. The van der Waals surface area contributed by atoms with E-state index in [1.165, 1.54) is 0 Å². The first-order valence-electron chi connectivity index (χ1n) is 9.07. The molecule has 0 bridgehead atoms. The van der Waals surface area contributed by atoms with Crippen LogP contribution < -0.4 is 5.32 Å². The van der Waals surface area contributed by atoms with Crippen molar-refractivity contribution in [3.05, 3.63) is 29.3 Å². The highest BCUT2D eigenvalue weighted by Crippen LogP contribution is 2.21. The van der Waals surface area contributed by atoms with Crippen LogP contribution in [0.5, 0.6) is 0 Å². The fourth-order valence-electron chi connectivity index (χ4n) is 2.68. The van der Waals surface area contributed by atoms with Gasteiger partial charge in [-0.1, -0.05) is 19.1 Å². The molecule has 6 nitrogen and oxygen atoms in total. The SMILES string of the molecule is CCCN(CC(=O)NCCc1nc2ccccc2s1)[C@@H](C)C(=O)OCC. The van der Waals surface area contributed by atoms with E-state index in [-0.39, 0.29) is 18.4 Å². The Morgan fingerprint density at radius 2 is 2.08 bits per heavy atom. The predicted octanol–water partition coefficient (Wildman–Crippen LogP) is 2.62. The normalized spacial score (nSPS) is 12.3. The van der Waals surface area contributed by atoms with Crippen LogP contribution in [0.1, 0.15) is 32.2 Å². The molecule has 0 aliphatic rings.